The topological polar surface area (TPSA) is 103 Å². The van der Waals surface area contributed by atoms with E-state index in [4.69, 9.17) is 14.2 Å². The number of methoxy groups -OCH3 is 1. The highest BCUT2D eigenvalue weighted by Gasteiger charge is 2.23. The molecule has 0 saturated carbocycles. The normalized spacial score (nSPS) is 11.1. The standard InChI is InChI=1S/C33H30FN3O5/c1-5-41-18-27-31(33(39)30(20(3)37-27)25-11-8-22(34)14-19(25)2)28(38)15-21-6-9-23(10-7-21)42-29-12-13-35-26-16-24(40-4)17-36-32(26)29/h6-14,16-17H,5,15,18H2,1-4H3,(H,37,39). The summed E-state index contributed by atoms with van der Waals surface area (Å²) in [7, 11) is 1.57. The van der Waals surface area contributed by atoms with E-state index < -0.39 is 11.2 Å². The summed E-state index contributed by atoms with van der Waals surface area (Å²) >= 11 is 0. The van der Waals surface area contributed by atoms with E-state index in [0.29, 0.717) is 68.5 Å². The molecule has 0 unspecified atom stereocenters. The van der Waals surface area contributed by atoms with Crippen LogP contribution in [0.1, 0.15) is 39.8 Å². The lowest BCUT2D eigenvalue weighted by atomic mass is 9.93. The fraction of sp³-hybridized carbons (Fsp3) is 0.212. The van der Waals surface area contributed by atoms with Gasteiger partial charge in [-0.2, -0.15) is 0 Å². The van der Waals surface area contributed by atoms with Gasteiger partial charge in [0.1, 0.15) is 22.8 Å². The highest BCUT2D eigenvalue weighted by atomic mass is 19.1. The van der Waals surface area contributed by atoms with Crippen LogP contribution in [0, 0.1) is 19.7 Å². The molecule has 0 aliphatic rings. The number of Topliss-reactive ketones (excluding diaryl/α,β-unsaturated/α-hetero) is 1. The lowest BCUT2D eigenvalue weighted by Gasteiger charge is -2.15. The molecule has 0 radical (unpaired) electrons. The first-order chi connectivity index (χ1) is 20.3. The Kier molecular flexibility index (Phi) is 8.40. The number of carbonyl (C=O) groups is 1. The summed E-state index contributed by atoms with van der Waals surface area (Å²) in [5.41, 5.74) is 4.08. The first kappa shape index (κ1) is 28.6. The van der Waals surface area contributed by atoms with Crippen LogP contribution in [-0.4, -0.2) is 34.5 Å². The van der Waals surface area contributed by atoms with Crippen LogP contribution in [-0.2, 0) is 17.8 Å². The van der Waals surface area contributed by atoms with Gasteiger partial charge in [0.25, 0.3) is 0 Å². The largest absolute Gasteiger partial charge is 0.495 e. The average molecular weight is 568 g/mol. The van der Waals surface area contributed by atoms with Gasteiger partial charge in [0, 0.05) is 42.6 Å². The van der Waals surface area contributed by atoms with E-state index in [0.717, 1.165) is 0 Å². The monoisotopic (exact) mass is 567 g/mol. The molecular weight excluding hydrogens is 537 g/mol. The number of aryl methyl sites for hydroxylation is 2. The molecule has 0 fully saturated rings. The van der Waals surface area contributed by atoms with Crippen molar-refractivity contribution in [2.45, 2.75) is 33.8 Å². The number of nitrogens with one attached hydrogen (secondary N) is 1. The number of pyridine rings is 3. The van der Waals surface area contributed by atoms with Crippen molar-refractivity contribution in [2.24, 2.45) is 0 Å². The van der Waals surface area contributed by atoms with Crippen LogP contribution in [0.25, 0.3) is 22.2 Å². The van der Waals surface area contributed by atoms with Crippen LogP contribution in [0.3, 0.4) is 0 Å². The molecule has 3 heterocycles. The Bertz CT molecular complexity index is 1830. The van der Waals surface area contributed by atoms with Gasteiger partial charge in [0.2, 0.25) is 5.43 Å². The van der Waals surface area contributed by atoms with Gasteiger partial charge in [0.05, 0.1) is 36.7 Å². The van der Waals surface area contributed by atoms with E-state index in [2.05, 4.69) is 15.0 Å². The first-order valence-electron chi connectivity index (χ1n) is 13.5. The molecular formula is C33H30FN3O5. The second-order valence-corrected chi connectivity index (χ2v) is 9.80. The fourth-order valence-electron chi connectivity index (χ4n) is 4.88. The van der Waals surface area contributed by atoms with Crippen molar-refractivity contribution in [3.8, 4) is 28.4 Å². The summed E-state index contributed by atoms with van der Waals surface area (Å²) in [6, 6.07) is 14.8. The number of aromatic nitrogens is 3. The minimum absolute atomic E-state index is 0.00702. The molecule has 9 heteroatoms. The van der Waals surface area contributed by atoms with Gasteiger partial charge < -0.3 is 19.2 Å². The molecule has 5 rings (SSSR count). The van der Waals surface area contributed by atoms with Crippen molar-refractivity contribution in [2.75, 3.05) is 13.7 Å². The summed E-state index contributed by atoms with van der Waals surface area (Å²) in [6.07, 6.45) is 3.22. The fourth-order valence-corrected chi connectivity index (χ4v) is 4.88. The lowest BCUT2D eigenvalue weighted by molar-refractivity contribution is 0.0978. The molecule has 0 spiro atoms. The number of carbonyl (C=O) groups excluding carboxylic acids is 1. The Hall–Kier alpha value is -4.89. The number of halogens is 1. The number of H-pyrrole nitrogens is 1. The van der Waals surface area contributed by atoms with Crippen LogP contribution in [0.15, 0.2) is 71.8 Å². The van der Waals surface area contributed by atoms with Crippen molar-refractivity contribution in [3.63, 3.8) is 0 Å². The SMILES string of the molecule is CCOCc1[nH]c(C)c(-c2ccc(F)cc2C)c(=O)c1C(=O)Cc1ccc(Oc2ccnc3cc(OC)cnc23)cc1. The number of ether oxygens (including phenoxy) is 3. The van der Waals surface area contributed by atoms with E-state index in [1.54, 1.807) is 75.8 Å². The number of fused-ring (bicyclic) bond motifs is 1. The van der Waals surface area contributed by atoms with Crippen LogP contribution in [0.4, 0.5) is 4.39 Å². The molecule has 42 heavy (non-hydrogen) atoms. The molecule has 0 atom stereocenters. The number of benzene rings is 2. The molecule has 0 amide bonds. The third-order valence-electron chi connectivity index (χ3n) is 6.92. The third kappa shape index (κ3) is 5.91. The molecule has 0 aliphatic carbocycles. The van der Waals surface area contributed by atoms with Crippen LogP contribution in [0.5, 0.6) is 17.2 Å². The second kappa shape index (κ2) is 12.3. The van der Waals surface area contributed by atoms with Gasteiger partial charge in [-0.15, -0.1) is 0 Å². The molecule has 0 bridgehead atoms. The van der Waals surface area contributed by atoms with E-state index in [1.165, 1.54) is 12.1 Å². The molecule has 3 aromatic heterocycles. The van der Waals surface area contributed by atoms with E-state index >= 15 is 0 Å². The quantitative estimate of drug-likeness (QED) is 0.192. The van der Waals surface area contributed by atoms with Crippen molar-refractivity contribution in [1.82, 2.24) is 15.0 Å². The summed E-state index contributed by atoms with van der Waals surface area (Å²) < 4.78 is 30.6. The molecule has 214 valence electrons. The van der Waals surface area contributed by atoms with Crippen molar-refractivity contribution >= 4 is 16.8 Å². The van der Waals surface area contributed by atoms with E-state index in [9.17, 15) is 14.0 Å². The Morgan fingerprint density at radius 1 is 1.00 bits per heavy atom. The molecule has 1 N–H and O–H groups in total. The molecule has 0 saturated heterocycles. The average Bonchev–Trinajstić information content (AvgIpc) is 2.97. The van der Waals surface area contributed by atoms with Crippen molar-refractivity contribution < 1.29 is 23.4 Å². The van der Waals surface area contributed by atoms with Crippen LogP contribution in [0.2, 0.25) is 0 Å². The van der Waals surface area contributed by atoms with Gasteiger partial charge >= 0.3 is 0 Å². The van der Waals surface area contributed by atoms with Gasteiger partial charge in [-0.25, -0.2) is 9.37 Å². The minimum Gasteiger partial charge on any atom is -0.495 e. The van der Waals surface area contributed by atoms with Crippen LogP contribution >= 0.6 is 0 Å². The molecule has 5 aromatic rings. The van der Waals surface area contributed by atoms with Crippen molar-refractivity contribution in [1.29, 1.82) is 0 Å². The van der Waals surface area contributed by atoms with Crippen molar-refractivity contribution in [3.05, 3.63) is 111 Å². The van der Waals surface area contributed by atoms with Gasteiger partial charge in [-0.1, -0.05) is 18.2 Å². The summed E-state index contributed by atoms with van der Waals surface area (Å²) in [4.78, 5) is 39.4. The molecule has 0 aliphatic heterocycles. The van der Waals surface area contributed by atoms with Gasteiger partial charge in [0.15, 0.2) is 11.5 Å². The third-order valence-corrected chi connectivity index (χ3v) is 6.92. The summed E-state index contributed by atoms with van der Waals surface area (Å²) in [5.74, 6) is 0.935. The number of nitrogens with zero attached hydrogens (tertiary/aromatic N) is 2. The maximum absolute atomic E-state index is 13.8. The van der Waals surface area contributed by atoms with E-state index in [1.807, 2.05) is 6.92 Å². The maximum Gasteiger partial charge on any atom is 0.200 e. The maximum atomic E-state index is 13.8. The highest BCUT2D eigenvalue weighted by Crippen LogP contribution is 2.30. The second-order valence-electron chi connectivity index (χ2n) is 9.80. The Labute approximate surface area is 242 Å². The predicted molar refractivity (Wildman–Crippen MR) is 158 cm³/mol. The Morgan fingerprint density at radius 3 is 2.50 bits per heavy atom. The number of ketones is 1. The number of hydrogen-bond donors (Lipinski definition) is 1. The minimum atomic E-state index is -0.408. The lowest BCUT2D eigenvalue weighted by Crippen LogP contribution is -2.24. The zero-order valence-electron chi connectivity index (χ0n) is 23.8. The highest BCUT2D eigenvalue weighted by molar-refractivity contribution is 5.99. The van der Waals surface area contributed by atoms with E-state index in [-0.39, 0.29) is 24.4 Å². The smallest absolute Gasteiger partial charge is 0.200 e. The Balaban J connectivity index is 1.43. The first-order valence-corrected chi connectivity index (χ1v) is 13.5. The molecule has 2 aromatic carbocycles. The van der Waals surface area contributed by atoms with Gasteiger partial charge in [-0.3, -0.25) is 14.6 Å². The zero-order valence-corrected chi connectivity index (χ0v) is 23.8. The zero-order chi connectivity index (χ0) is 29.8. The van der Waals surface area contributed by atoms with Gasteiger partial charge in [-0.05, 0) is 61.7 Å². The summed E-state index contributed by atoms with van der Waals surface area (Å²) in [6.45, 7) is 5.85. The molecule has 8 nitrogen and oxygen atoms in total. The number of aromatic amines is 1. The Morgan fingerprint density at radius 2 is 1.79 bits per heavy atom. The number of hydrogen-bond acceptors (Lipinski definition) is 7. The van der Waals surface area contributed by atoms with Crippen LogP contribution < -0.4 is 14.9 Å². The predicted octanol–water partition coefficient (Wildman–Crippen LogP) is 6.50. The number of rotatable bonds is 10. The summed E-state index contributed by atoms with van der Waals surface area (Å²) in [5, 5.41) is 0.